The van der Waals surface area contributed by atoms with E-state index < -0.39 is 5.91 Å². The lowest BCUT2D eigenvalue weighted by Crippen LogP contribution is -2.12. The normalized spacial score (nSPS) is 10.2. The first-order chi connectivity index (χ1) is 11.6. The van der Waals surface area contributed by atoms with Gasteiger partial charge in [0.1, 0.15) is 10.6 Å². The molecule has 0 atom stereocenters. The number of nitrogens with one attached hydrogen (secondary N) is 1. The Hall–Kier alpha value is -3.26. The van der Waals surface area contributed by atoms with Gasteiger partial charge < -0.3 is 10.5 Å². The second-order valence-corrected chi connectivity index (χ2v) is 5.68. The average Bonchev–Trinajstić information content (AvgIpc) is 3.05. The number of nitrogens with zero attached hydrogens (tertiary/aromatic N) is 2. The van der Waals surface area contributed by atoms with E-state index in [1.54, 1.807) is 24.3 Å². The van der Waals surface area contributed by atoms with Gasteiger partial charge in [-0.1, -0.05) is 29.5 Å². The van der Waals surface area contributed by atoms with E-state index in [1.165, 1.54) is 12.4 Å². The molecule has 120 valence electrons. The Morgan fingerprint density at radius 3 is 2.46 bits per heavy atom. The zero-order valence-corrected chi connectivity index (χ0v) is 13.1. The van der Waals surface area contributed by atoms with E-state index in [-0.39, 0.29) is 10.8 Å². The Kier molecular flexibility index (Phi) is 4.48. The molecule has 0 radical (unpaired) electrons. The Balaban J connectivity index is 1.66. The second kappa shape index (κ2) is 6.88. The van der Waals surface area contributed by atoms with Gasteiger partial charge in [-0.3, -0.25) is 14.9 Å². The minimum atomic E-state index is -0.586. The van der Waals surface area contributed by atoms with Crippen LogP contribution in [0.1, 0.15) is 20.0 Å². The molecular weight excluding hydrogens is 328 g/mol. The summed E-state index contributed by atoms with van der Waals surface area (Å²) in [5, 5.41) is 2.87. The molecule has 2 amide bonds. The lowest BCUT2D eigenvalue weighted by atomic mass is 10.3. The zero-order valence-electron chi connectivity index (χ0n) is 12.3. The van der Waals surface area contributed by atoms with E-state index in [4.69, 9.17) is 10.5 Å². The smallest absolute Gasteiger partial charge is 0.260 e. The van der Waals surface area contributed by atoms with Crippen LogP contribution in [0.15, 0.2) is 54.9 Å². The van der Waals surface area contributed by atoms with Crippen molar-refractivity contribution in [2.45, 2.75) is 0 Å². The monoisotopic (exact) mass is 340 g/mol. The molecule has 3 aromatic rings. The Morgan fingerprint density at radius 2 is 1.83 bits per heavy atom. The second-order valence-electron chi connectivity index (χ2n) is 4.65. The molecular formula is C16H12N4O3S. The van der Waals surface area contributed by atoms with Crippen molar-refractivity contribution in [1.29, 1.82) is 0 Å². The highest BCUT2D eigenvalue weighted by atomic mass is 32.1. The van der Waals surface area contributed by atoms with E-state index in [0.29, 0.717) is 22.3 Å². The average molecular weight is 340 g/mol. The van der Waals surface area contributed by atoms with Gasteiger partial charge in [0.15, 0.2) is 5.13 Å². The van der Waals surface area contributed by atoms with Crippen molar-refractivity contribution in [2.24, 2.45) is 5.73 Å². The fraction of sp³-hybridized carbons (Fsp3) is 0. The molecule has 3 N–H and O–H groups in total. The molecule has 0 saturated heterocycles. The van der Waals surface area contributed by atoms with Crippen molar-refractivity contribution in [1.82, 2.24) is 9.97 Å². The standard InChI is InChI=1S/C16H12N4O3S/c17-14(21)12-9-19-16(24-12)20-15(22)10-6-7-13(18-8-10)23-11-4-2-1-3-5-11/h1-9H,(H2,17,21)(H,19,20,22). The SMILES string of the molecule is NC(=O)c1cnc(NC(=O)c2ccc(Oc3ccccc3)nc2)s1. The zero-order chi connectivity index (χ0) is 16.9. The summed E-state index contributed by atoms with van der Waals surface area (Å²) in [4.78, 5) is 31.4. The first kappa shape index (κ1) is 15.6. The van der Waals surface area contributed by atoms with Gasteiger partial charge in [0, 0.05) is 12.3 Å². The highest BCUT2D eigenvalue weighted by Gasteiger charge is 2.12. The molecule has 0 unspecified atom stereocenters. The number of amides is 2. The molecule has 2 aromatic heterocycles. The number of pyridine rings is 1. The molecule has 1 aromatic carbocycles. The minimum absolute atomic E-state index is 0.273. The van der Waals surface area contributed by atoms with E-state index in [1.807, 2.05) is 18.2 Å². The molecule has 3 rings (SSSR count). The van der Waals surface area contributed by atoms with Crippen LogP contribution in [0.2, 0.25) is 0 Å². The maximum absolute atomic E-state index is 12.1. The summed E-state index contributed by atoms with van der Waals surface area (Å²) in [6.45, 7) is 0. The van der Waals surface area contributed by atoms with E-state index in [2.05, 4.69) is 15.3 Å². The van der Waals surface area contributed by atoms with Gasteiger partial charge in [-0.25, -0.2) is 9.97 Å². The molecule has 0 aliphatic carbocycles. The fourth-order valence-electron chi connectivity index (χ4n) is 1.80. The van der Waals surface area contributed by atoms with Crippen molar-refractivity contribution in [3.63, 3.8) is 0 Å². The number of ether oxygens (including phenoxy) is 1. The molecule has 0 fully saturated rings. The summed E-state index contributed by atoms with van der Waals surface area (Å²) < 4.78 is 5.56. The number of para-hydroxylation sites is 1. The fourth-order valence-corrected chi connectivity index (χ4v) is 2.46. The lowest BCUT2D eigenvalue weighted by Gasteiger charge is -2.05. The Bertz CT molecular complexity index is 863. The van der Waals surface area contributed by atoms with Crippen molar-refractivity contribution < 1.29 is 14.3 Å². The number of hydrogen-bond donors (Lipinski definition) is 2. The molecule has 0 spiro atoms. The highest BCUT2D eigenvalue weighted by Crippen LogP contribution is 2.20. The van der Waals surface area contributed by atoms with Crippen molar-refractivity contribution >= 4 is 28.3 Å². The molecule has 0 aliphatic rings. The summed E-state index contributed by atoms with van der Waals surface area (Å²) in [7, 11) is 0. The largest absolute Gasteiger partial charge is 0.439 e. The highest BCUT2D eigenvalue weighted by molar-refractivity contribution is 7.17. The van der Waals surface area contributed by atoms with Gasteiger partial charge in [0.25, 0.3) is 11.8 Å². The van der Waals surface area contributed by atoms with Crippen LogP contribution in [0.4, 0.5) is 5.13 Å². The molecule has 0 saturated carbocycles. The first-order valence-corrected chi connectivity index (χ1v) is 7.69. The molecule has 24 heavy (non-hydrogen) atoms. The van der Waals surface area contributed by atoms with Crippen LogP contribution in [0.25, 0.3) is 0 Å². The van der Waals surface area contributed by atoms with Crippen LogP contribution < -0.4 is 15.8 Å². The first-order valence-electron chi connectivity index (χ1n) is 6.88. The van der Waals surface area contributed by atoms with Crippen molar-refractivity contribution in [3.8, 4) is 11.6 Å². The summed E-state index contributed by atoms with van der Waals surface area (Å²) in [5.41, 5.74) is 5.48. The minimum Gasteiger partial charge on any atom is -0.439 e. The van der Waals surface area contributed by atoms with Gasteiger partial charge in [-0.05, 0) is 18.2 Å². The summed E-state index contributed by atoms with van der Waals surface area (Å²) in [6.07, 6.45) is 2.72. The van der Waals surface area contributed by atoms with Crippen LogP contribution in [-0.4, -0.2) is 21.8 Å². The van der Waals surface area contributed by atoms with E-state index in [0.717, 1.165) is 11.3 Å². The van der Waals surface area contributed by atoms with Crippen LogP contribution in [-0.2, 0) is 0 Å². The predicted octanol–water partition coefficient (Wildman–Crippen LogP) is 2.68. The van der Waals surface area contributed by atoms with Gasteiger partial charge in [0.05, 0.1) is 11.8 Å². The third-order valence-corrected chi connectivity index (χ3v) is 3.86. The number of rotatable bonds is 5. The number of carbonyl (C=O) groups is 2. The lowest BCUT2D eigenvalue weighted by molar-refractivity contribution is 0.100. The molecule has 7 nitrogen and oxygen atoms in total. The number of anilines is 1. The summed E-state index contributed by atoms with van der Waals surface area (Å²) in [6, 6.07) is 12.4. The number of aromatic nitrogens is 2. The summed E-state index contributed by atoms with van der Waals surface area (Å²) >= 11 is 1.01. The summed E-state index contributed by atoms with van der Waals surface area (Å²) in [5.74, 6) is 0.0585. The van der Waals surface area contributed by atoms with Crippen LogP contribution >= 0.6 is 11.3 Å². The molecule has 8 heteroatoms. The van der Waals surface area contributed by atoms with Gasteiger partial charge in [-0.2, -0.15) is 0 Å². The quantitative estimate of drug-likeness (QED) is 0.742. The maximum Gasteiger partial charge on any atom is 0.260 e. The molecule has 2 heterocycles. The number of primary amides is 1. The predicted molar refractivity (Wildman–Crippen MR) is 89.3 cm³/mol. The van der Waals surface area contributed by atoms with Crippen LogP contribution in [0.5, 0.6) is 11.6 Å². The van der Waals surface area contributed by atoms with Crippen molar-refractivity contribution in [3.05, 3.63) is 65.3 Å². The number of thiazole rings is 1. The maximum atomic E-state index is 12.1. The molecule has 0 aliphatic heterocycles. The number of nitrogens with two attached hydrogens (primary N) is 1. The van der Waals surface area contributed by atoms with Gasteiger partial charge in [-0.15, -0.1) is 0 Å². The molecule has 0 bridgehead atoms. The van der Waals surface area contributed by atoms with Gasteiger partial charge in [0.2, 0.25) is 5.88 Å². The number of carbonyl (C=O) groups excluding carboxylic acids is 2. The number of benzene rings is 1. The topological polar surface area (TPSA) is 107 Å². The third-order valence-electron chi connectivity index (χ3n) is 2.93. The van der Waals surface area contributed by atoms with E-state index in [9.17, 15) is 9.59 Å². The Morgan fingerprint density at radius 1 is 1.04 bits per heavy atom. The number of hydrogen-bond acceptors (Lipinski definition) is 6. The van der Waals surface area contributed by atoms with Gasteiger partial charge >= 0.3 is 0 Å². The van der Waals surface area contributed by atoms with E-state index >= 15 is 0 Å². The van der Waals surface area contributed by atoms with Crippen molar-refractivity contribution in [2.75, 3.05) is 5.32 Å². The van der Waals surface area contributed by atoms with Crippen LogP contribution in [0.3, 0.4) is 0 Å². The Labute approximate surface area is 141 Å². The third kappa shape index (κ3) is 3.73. The van der Waals surface area contributed by atoms with Crippen LogP contribution in [0, 0.1) is 0 Å².